The van der Waals surface area contributed by atoms with E-state index in [2.05, 4.69) is 27.5 Å². The molecule has 0 amide bonds. The van der Waals surface area contributed by atoms with Crippen molar-refractivity contribution in [3.63, 3.8) is 0 Å². The Kier molecular flexibility index (Phi) is 4.39. The Bertz CT molecular complexity index is 391. The maximum absolute atomic E-state index is 4.48. The molecule has 1 aliphatic carbocycles. The number of nitrogens with one attached hydrogen (secondary N) is 2. The van der Waals surface area contributed by atoms with Gasteiger partial charge in [0.25, 0.3) is 0 Å². The fourth-order valence-electron chi connectivity index (χ4n) is 2.65. The van der Waals surface area contributed by atoms with Crippen molar-refractivity contribution in [2.24, 2.45) is 5.92 Å². The third kappa shape index (κ3) is 3.34. The van der Waals surface area contributed by atoms with Gasteiger partial charge in [0.15, 0.2) is 0 Å². The Morgan fingerprint density at radius 2 is 1.94 bits per heavy atom. The Morgan fingerprint density at radius 3 is 2.72 bits per heavy atom. The van der Waals surface area contributed by atoms with Crippen LogP contribution in [0, 0.1) is 12.8 Å². The lowest BCUT2D eigenvalue weighted by Gasteiger charge is -2.23. The monoisotopic (exact) mass is 248 g/mol. The lowest BCUT2D eigenvalue weighted by Crippen LogP contribution is -2.27. The predicted molar refractivity (Wildman–Crippen MR) is 76.0 cm³/mol. The first-order valence-corrected chi connectivity index (χ1v) is 6.99. The van der Waals surface area contributed by atoms with Crippen molar-refractivity contribution in [2.45, 2.75) is 52.0 Å². The minimum atomic E-state index is 0.548. The molecule has 0 spiro atoms. The van der Waals surface area contributed by atoms with E-state index in [1.165, 1.54) is 32.1 Å². The number of hydrogen-bond donors (Lipinski definition) is 2. The maximum Gasteiger partial charge on any atom is 0.224 e. The van der Waals surface area contributed by atoms with Crippen molar-refractivity contribution in [3.8, 4) is 0 Å². The van der Waals surface area contributed by atoms with E-state index in [4.69, 9.17) is 0 Å². The van der Waals surface area contributed by atoms with Gasteiger partial charge in [-0.1, -0.05) is 26.2 Å². The number of aryl methyl sites for hydroxylation is 1. The molecule has 0 saturated heterocycles. The summed E-state index contributed by atoms with van der Waals surface area (Å²) in [5.41, 5.74) is 0.998. The minimum Gasteiger partial charge on any atom is -0.367 e. The number of rotatable bonds is 3. The van der Waals surface area contributed by atoms with Crippen molar-refractivity contribution in [3.05, 3.63) is 11.8 Å². The normalized spacial score (nSPS) is 24.4. The summed E-state index contributed by atoms with van der Waals surface area (Å²) in [5.74, 6) is 2.37. The highest BCUT2D eigenvalue weighted by atomic mass is 15.1. The van der Waals surface area contributed by atoms with E-state index in [0.29, 0.717) is 12.0 Å². The van der Waals surface area contributed by atoms with Crippen LogP contribution < -0.4 is 10.6 Å². The highest BCUT2D eigenvalue weighted by Gasteiger charge is 2.20. The zero-order valence-electron chi connectivity index (χ0n) is 11.7. The maximum atomic E-state index is 4.48. The van der Waals surface area contributed by atoms with E-state index >= 15 is 0 Å². The van der Waals surface area contributed by atoms with Gasteiger partial charge in [0, 0.05) is 24.8 Å². The summed E-state index contributed by atoms with van der Waals surface area (Å²) in [6.07, 6.45) is 6.63. The Balaban J connectivity index is 2.09. The summed E-state index contributed by atoms with van der Waals surface area (Å²) in [5, 5.41) is 6.60. The average molecular weight is 248 g/mol. The van der Waals surface area contributed by atoms with Gasteiger partial charge in [0.2, 0.25) is 5.95 Å². The van der Waals surface area contributed by atoms with Crippen LogP contribution in [-0.2, 0) is 0 Å². The summed E-state index contributed by atoms with van der Waals surface area (Å²) in [7, 11) is 1.85. The van der Waals surface area contributed by atoms with Crippen molar-refractivity contribution < 1.29 is 0 Å². The second-order valence-electron chi connectivity index (χ2n) is 5.33. The molecular weight excluding hydrogens is 224 g/mol. The molecule has 0 bridgehead atoms. The lowest BCUT2D eigenvalue weighted by atomic mass is 9.97. The largest absolute Gasteiger partial charge is 0.367 e. The summed E-state index contributed by atoms with van der Waals surface area (Å²) in [6.45, 7) is 4.35. The third-order valence-corrected chi connectivity index (χ3v) is 3.77. The molecule has 0 radical (unpaired) electrons. The molecule has 0 aliphatic heterocycles. The first kappa shape index (κ1) is 13.1. The van der Waals surface area contributed by atoms with Crippen LogP contribution in [0.1, 0.15) is 44.7 Å². The summed E-state index contributed by atoms with van der Waals surface area (Å²) >= 11 is 0. The second kappa shape index (κ2) is 6.03. The van der Waals surface area contributed by atoms with Crippen LogP contribution in [0.5, 0.6) is 0 Å². The molecule has 4 nitrogen and oxygen atoms in total. The number of anilines is 2. The first-order chi connectivity index (χ1) is 8.69. The molecule has 2 N–H and O–H groups in total. The fraction of sp³-hybridized carbons (Fsp3) is 0.714. The second-order valence-corrected chi connectivity index (χ2v) is 5.33. The minimum absolute atomic E-state index is 0.548. The third-order valence-electron chi connectivity index (χ3n) is 3.77. The van der Waals surface area contributed by atoms with Gasteiger partial charge in [-0.3, -0.25) is 0 Å². The van der Waals surface area contributed by atoms with Crippen LogP contribution in [0.15, 0.2) is 6.07 Å². The van der Waals surface area contributed by atoms with E-state index in [1.54, 1.807) is 0 Å². The molecule has 0 aromatic carbocycles. The van der Waals surface area contributed by atoms with E-state index < -0.39 is 0 Å². The molecular formula is C14H24N4. The number of hydrogen-bond acceptors (Lipinski definition) is 4. The highest BCUT2D eigenvalue weighted by Crippen LogP contribution is 2.25. The van der Waals surface area contributed by atoms with E-state index in [0.717, 1.165) is 17.4 Å². The van der Waals surface area contributed by atoms with Crippen LogP contribution in [0.4, 0.5) is 11.8 Å². The Labute approximate surface area is 110 Å². The molecule has 2 rings (SSSR count). The van der Waals surface area contributed by atoms with Crippen molar-refractivity contribution in [1.29, 1.82) is 0 Å². The lowest BCUT2D eigenvalue weighted by molar-refractivity contribution is 0.455. The van der Waals surface area contributed by atoms with Gasteiger partial charge in [0.1, 0.15) is 5.82 Å². The molecule has 1 aromatic heterocycles. The Morgan fingerprint density at radius 1 is 1.17 bits per heavy atom. The molecule has 1 aliphatic rings. The Hall–Kier alpha value is -1.32. The molecule has 1 heterocycles. The molecule has 1 aromatic rings. The molecule has 1 saturated carbocycles. The van der Waals surface area contributed by atoms with E-state index in [9.17, 15) is 0 Å². The molecule has 18 heavy (non-hydrogen) atoms. The zero-order chi connectivity index (χ0) is 13.0. The average Bonchev–Trinajstić information content (AvgIpc) is 2.54. The molecule has 2 atom stereocenters. The number of nitrogens with zero attached hydrogens (tertiary/aromatic N) is 2. The summed E-state index contributed by atoms with van der Waals surface area (Å²) in [6, 6.07) is 2.57. The van der Waals surface area contributed by atoms with Gasteiger partial charge in [0.05, 0.1) is 0 Å². The van der Waals surface area contributed by atoms with Gasteiger partial charge in [-0.05, 0) is 25.7 Å². The first-order valence-electron chi connectivity index (χ1n) is 6.99. The number of aromatic nitrogens is 2. The van der Waals surface area contributed by atoms with Crippen LogP contribution >= 0.6 is 0 Å². The van der Waals surface area contributed by atoms with Crippen molar-refractivity contribution in [1.82, 2.24) is 9.97 Å². The SMILES string of the molecule is CNc1nc(C)cc(NC2CCCCCC2C)n1. The van der Waals surface area contributed by atoms with Crippen LogP contribution in [0.3, 0.4) is 0 Å². The van der Waals surface area contributed by atoms with Crippen LogP contribution in [-0.4, -0.2) is 23.1 Å². The summed E-state index contributed by atoms with van der Waals surface area (Å²) in [4.78, 5) is 8.80. The zero-order valence-corrected chi connectivity index (χ0v) is 11.7. The smallest absolute Gasteiger partial charge is 0.224 e. The van der Waals surface area contributed by atoms with Crippen LogP contribution in [0.25, 0.3) is 0 Å². The quantitative estimate of drug-likeness (QED) is 0.806. The van der Waals surface area contributed by atoms with Gasteiger partial charge >= 0.3 is 0 Å². The van der Waals surface area contributed by atoms with Gasteiger partial charge in [-0.15, -0.1) is 0 Å². The molecule has 2 unspecified atom stereocenters. The highest BCUT2D eigenvalue weighted by molar-refractivity contribution is 5.42. The van der Waals surface area contributed by atoms with E-state index in [1.807, 2.05) is 20.0 Å². The van der Waals surface area contributed by atoms with Crippen LogP contribution in [0.2, 0.25) is 0 Å². The topological polar surface area (TPSA) is 49.8 Å². The van der Waals surface area contributed by atoms with Gasteiger partial charge < -0.3 is 10.6 Å². The molecule has 1 fully saturated rings. The van der Waals surface area contributed by atoms with Gasteiger partial charge in [-0.25, -0.2) is 4.98 Å². The standard InChI is InChI=1S/C14H24N4/c1-10-7-5-4-6-8-12(10)17-13-9-11(2)16-14(15-3)18-13/h9-10,12H,4-8H2,1-3H3,(H2,15,16,17,18). The fourth-order valence-corrected chi connectivity index (χ4v) is 2.65. The molecule has 4 heteroatoms. The van der Waals surface area contributed by atoms with Crippen molar-refractivity contribution >= 4 is 11.8 Å². The van der Waals surface area contributed by atoms with Gasteiger partial charge in [-0.2, -0.15) is 4.98 Å². The van der Waals surface area contributed by atoms with Crippen molar-refractivity contribution in [2.75, 3.05) is 17.7 Å². The van der Waals surface area contributed by atoms with E-state index in [-0.39, 0.29) is 0 Å². The predicted octanol–water partition coefficient (Wildman–Crippen LogP) is 3.21. The molecule has 100 valence electrons. The summed E-state index contributed by atoms with van der Waals surface area (Å²) < 4.78 is 0.